The first kappa shape index (κ1) is 14.9. The van der Waals surface area contributed by atoms with Gasteiger partial charge in [0.05, 0.1) is 5.41 Å². The van der Waals surface area contributed by atoms with E-state index in [4.69, 9.17) is 4.74 Å². The number of benzene rings is 2. The number of aliphatic hydroxyl groups is 2. The summed E-state index contributed by atoms with van der Waals surface area (Å²) in [6.07, 6.45) is 0. The maximum absolute atomic E-state index is 11.3. The molecule has 2 aromatic carbocycles. The second-order valence-corrected chi connectivity index (χ2v) is 6.49. The first-order valence-corrected chi connectivity index (χ1v) is 7.23. The Morgan fingerprint density at radius 1 is 0.909 bits per heavy atom. The molecule has 2 unspecified atom stereocenters. The van der Waals surface area contributed by atoms with Crippen molar-refractivity contribution in [1.82, 2.24) is 0 Å². The third kappa shape index (κ3) is 1.77. The van der Waals surface area contributed by atoms with Gasteiger partial charge in [-0.1, -0.05) is 44.2 Å². The highest BCUT2D eigenvalue weighted by Gasteiger charge is 2.61. The van der Waals surface area contributed by atoms with Crippen LogP contribution in [0.3, 0.4) is 0 Å². The van der Waals surface area contributed by atoms with Crippen LogP contribution in [0.2, 0.25) is 0 Å². The van der Waals surface area contributed by atoms with E-state index in [9.17, 15) is 15.3 Å². The van der Waals surface area contributed by atoms with Crippen molar-refractivity contribution in [2.75, 3.05) is 0 Å². The molecule has 0 aliphatic carbocycles. The van der Waals surface area contributed by atoms with Crippen LogP contribution in [0.1, 0.15) is 31.9 Å². The minimum absolute atomic E-state index is 0.0182. The normalized spacial score (nSPS) is 29.5. The lowest BCUT2D eigenvalue weighted by Gasteiger charge is -2.54. The van der Waals surface area contributed by atoms with Crippen molar-refractivity contribution in [2.24, 2.45) is 5.41 Å². The summed E-state index contributed by atoms with van der Waals surface area (Å²) in [5.74, 6) is -1.43. The molecular weight excluding hydrogens is 280 g/mol. The Kier molecular flexibility index (Phi) is 3.03. The summed E-state index contributed by atoms with van der Waals surface area (Å²) in [6, 6.07) is 13.5. The van der Waals surface area contributed by atoms with E-state index in [1.165, 1.54) is 12.1 Å². The topological polar surface area (TPSA) is 69.9 Å². The Morgan fingerprint density at radius 3 is 2.18 bits per heavy atom. The van der Waals surface area contributed by atoms with Gasteiger partial charge in [-0.25, -0.2) is 0 Å². The molecule has 0 saturated carbocycles. The SMILES string of the molecule is CC1(O)c2ccc(O)cc2OC(O)(c2ccccc2)C1(C)C. The van der Waals surface area contributed by atoms with Gasteiger partial charge in [0.15, 0.2) is 0 Å². The molecule has 1 aliphatic rings. The van der Waals surface area contributed by atoms with Crippen LogP contribution in [0.5, 0.6) is 11.5 Å². The lowest BCUT2D eigenvalue weighted by Crippen LogP contribution is -2.60. The highest BCUT2D eigenvalue weighted by Crippen LogP contribution is 2.58. The highest BCUT2D eigenvalue weighted by atomic mass is 16.6. The van der Waals surface area contributed by atoms with Gasteiger partial charge in [-0.2, -0.15) is 0 Å². The van der Waals surface area contributed by atoms with Gasteiger partial charge in [0, 0.05) is 17.2 Å². The van der Waals surface area contributed by atoms with E-state index < -0.39 is 16.8 Å². The third-order valence-electron chi connectivity index (χ3n) is 4.98. The van der Waals surface area contributed by atoms with Crippen LogP contribution in [0.4, 0.5) is 0 Å². The molecule has 116 valence electrons. The zero-order valence-electron chi connectivity index (χ0n) is 12.9. The summed E-state index contributed by atoms with van der Waals surface area (Å²) < 4.78 is 5.87. The van der Waals surface area contributed by atoms with E-state index in [1.807, 2.05) is 6.07 Å². The standard InChI is InChI=1S/C18H20O4/c1-16(2)17(3,20)14-10-9-13(19)11-15(14)22-18(16,21)12-7-5-4-6-8-12/h4-11,19-21H,1-3H3. The lowest BCUT2D eigenvalue weighted by atomic mass is 9.63. The number of hydrogen-bond donors (Lipinski definition) is 3. The van der Waals surface area contributed by atoms with Gasteiger partial charge in [0.2, 0.25) is 5.79 Å². The summed E-state index contributed by atoms with van der Waals surface area (Å²) in [5.41, 5.74) is -1.28. The maximum Gasteiger partial charge on any atom is 0.243 e. The van der Waals surface area contributed by atoms with Crippen LogP contribution in [0.25, 0.3) is 0 Å². The zero-order chi connectivity index (χ0) is 16.2. The van der Waals surface area contributed by atoms with E-state index in [-0.39, 0.29) is 11.5 Å². The van der Waals surface area contributed by atoms with E-state index in [2.05, 4.69) is 0 Å². The van der Waals surface area contributed by atoms with Gasteiger partial charge in [0.1, 0.15) is 17.1 Å². The Morgan fingerprint density at radius 2 is 1.55 bits per heavy atom. The van der Waals surface area contributed by atoms with Crippen LogP contribution < -0.4 is 4.74 Å². The Bertz CT molecular complexity index is 706. The Hall–Kier alpha value is -2.04. The number of fused-ring (bicyclic) bond motifs is 1. The van der Waals surface area contributed by atoms with Crippen molar-refractivity contribution < 1.29 is 20.1 Å². The molecule has 0 aromatic heterocycles. The van der Waals surface area contributed by atoms with Crippen LogP contribution in [-0.2, 0) is 11.4 Å². The molecule has 0 saturated heterocycles. The van der Waals surface area contributed by atoms with E-state index >= 15 is 0 Å². The smallest absolute Gasteiger partial charge is 0.243 e. The predicted molar refractivity (Wildman–Crippen MR) is 82.4 cm³/mol. The summed E-state index contributed by atoms with van der Waals surface area (Å²) in [7, 11) is 0. The largest absolute Gasteiger partial charge is 0.508 e. The molecule has 0 fully saturated rings. The number of aromatic hydroxyl groups is 1. The summed E-state index contributed by atoms with van der Waals surface area (Å²) in [6.45, 7) is 5.17. The number of ether oxygens (including phenoxy) is 1. The summed E-state index contributed by atoms with van der Waals surface area (Å²) >= 11 is 0. The van der Waals surface area contributed by atoms with Crippen LogP contribution >= 0.6 is 0 Å². The maximum atomic E-state index is 11.3. The number of phenolic OH excluding ortho intramolecular Hbond substituents is 1. The number of hydrogen-bond acceptors (Lipinski definition) is 4. The predicted octanol–water partition coefficient (Wildman–Crippen LogP) is 2.86. The molecule has 0 spiro atoms. The minimum atomic E-state index is -1.72. The molecule has 3 rings (SSSR count). The van der Waals surface area contributed by atoms with Crippen LogP contribution in [0, 0.1) is 5.41 Å². The quantitative estimate of drug-likeness (QED) is 0.757. The molecule has 2 aromatic rings. The molecule has 22 heavy (non-hydrogen) atoms. The fraction of sp³-hybridized carbons (Fsp3) is 0.333. The van der Waals surface area contributed by atoms with Gasteiger partial charge >= 0.3 is 0 Å². The molecule has 4 nitrogen and oxygen atoms in total. The number of phenols is 1. The zero-order valence-corrected chi connectivity index (χ0v) is 12.9. The third-order valence-corrected chi connectivity index (χ3v) is 4.98. The van der Waals surface area contributed by atoms with Crippen molar-refractivity contribution in [2.45, 2.75) is 32.2 Å². The van der Waals surface area contributed by atoms with Gasteiger partial charge < -0.3 is 20.1 Å². The average Bonchev–Trinajstić information content (AvgIpc) is 2.46. The van der Waals surface area contributed by atoms with Crippen LogP contribution in [0.15, 0.2) is 48.5 Å². The molecule has 2 atom stereocenters. The first-order valence-electron chi connectivity index (χ1n) is 7.23. The van der Waals surface area contributed by atoms with Crippen molar-refractivity contribution >= 4 is 0 Å². The lowest BCUT2D eigenvalue weighted by molar-refractivity contribution is -0.293. The first-order chi connectivity index (χ1) is 10.2. The van der Waals surface area contributed by atoms with Gasteiger partial charge in [0.25, 0.3) is 0 Å². The van der Waals surface area contributed by atoms with Crippen molar-refractivity contribution in [3.8, 4) is 11.5 Å². The highest BCUT2D eigenvalue weighted by molar-refractivity contribution is 5.48. The number of rotatable bonds is 1. The fourth-order valence-corrected chi connectivity index (χ4v) is 3.03. The second-order valence-electron chi connectivity index (χ2n) is 6.49. The van der Waals surface area contributed by atoms with Crippen molar-refractivity contribution in [3.63, 3.8) is 0 Å². The van der Waals surface area contributed by atoms with E-state index in [0.717, 1.165) is 0 Å². The Labute approximate surface area is 129 Å². The minimum Gasteiger partial charge on any atom is -0.508 e. The molecule has 4 heteroatoms. The Balaban J connectivity index is 2.26. The van der Waals surface area contributed by atoms with E-state index in [1.54, 1.807) is 51.1 Å². The molecule has 1 heterocycles. The summed E-state index contributed by atoms with van der Waals surface area (Å²) in [5, 5.41) is 32.1. The van der Waals surface area contributed by atoms with Gasteiger partial charge in [-0.3, -0.25) is 0 Å². The van der Waals surface area contributed by atoms with Gasteiger partial charge in [-0.15, -0.1) is 0 Å². The van der Waals surface area contributed by atoms with Crippen LogP contribution in [-0.4, -0.2) is 15.3 Å². The molecule has 3 N–H and O–H groups in total. The van der Waals surface area contributed by atoms with Crippen molar-refractivity contribution in [1.29, 1.82) is 0 Å². The molecule has 0 radical (unpaired) electrons. The fourth-order valence-electron chi connectivity index (χ4n) is 3.03. The molecule has 1 aliphatic heterocycles. The molecule has 0 amide bonds. The second kappa shape index (κ2) is 4.48. The average molecular weight is 300 g/mol. The van der Waals surface area contributed by atoms with E-state index in [0.29, 0.717) is 11.1 Å². The van der Waals surface area contributed by atoms with Crippen molar-refractivity contribution in [3.05, 3.63) is 59.7 Å². The molecular formula is C18H20O4. The van der Waals surface area contributed by atoms with Gasteiger partial charge in [-0.05, 0) is 19.1 Å². The molecule has 0 bridgehead atoms. The monoisotopic (exact) mass is 300 g/mol. The summed E-state index contributed by atoms with van der Waals surface area (Å²) in [4.78, 5) is 0.